The Morgan fingerprint density at radius 3 is 2.78 bits per heavy atom. The van der Waals surface area contributed by atoms with Crippen LogP contribution in [0.4, 0.5) is 5.82 Å². The number of hydrogen-bond donors (Lipinski definition) is 1. The molecule has 1 aliphatic rings. The number of hydrogen-bond acceptors (Lipinski definition) is 5. The minimum absolute atomic E-state index is 0.0268. The second kappa shape index (κ2) is 7.72. The monoisotopic (exact) mass is 367 g/mol. The number of amides is 1. The van der Waals surface area contributed by atoms with E-state index in [1.165, 1.54) is 5.56 Å². The van der Waals surface area contributed by atoms with Gasteiger partial charge >= 0.3 is 0 Å². The van der Waals surface area contributed by atoms with E-state index in [2.05, 4.69) is 34.0 Å². The molecule has 27 heavy (non-hydrogen) atoms. The number of anilines is 1. The van der Waals surface area contributed by atoms with Gasteiger partial charge < -0.3 is 5.32 Å². The summed E-state index contributed by atoms with van der Waals surface area (Å²) in [4.78, 5) is 28.3. The van der Waals surface area contributed by atoms with E-state index in [4.69, 9.17) is 4.98 Å². The number of carbonyl (C=O) groups excluding carboxylic acids is 1. The molecule has 0 spiro atoms. The van der Waals surface area contributed by atoms with E-state index in [-0.39, 0.29) is 5.91 Å². The van der Waals surface area contributed by atoms with Crippen molar-refractivity contribution in [3.8, 4) is 0 Å². The molecule has 2 aromatic heterocycles. The molecular formula is C21H29N5O. The van der Waals surface area contributed by atoms with Crippen LogP contribution in [0.3, 0.4) is 0 Å². The molecule has 0 fully saturated rings. The van der Waals surface area contributed by atoms with Gasteiger partial charge in [-0.3, -0.25) is 9.69 Å². The van der Waals surface area contributed by atoms with Crippen LogP contribution in [0.1, 0.15) is 63.2 Å². The van der Waals surface area contributed by atoms with Crippen molar-refractivity contribution in [1.82, 2.24) is 19.9 Å². The Morgan fingerprint density at radius 2 is 2.07 bits per heavy atom. The normalized spacial score (nSPS) is 14.9. The maximum atomic E-state index is 12.3. The van der Waals surface area contributed by atoms with E-state index in [1.807, 2.05) is 39.1 Å². The molecule has 0 saturated carbocycles. The minimum Gasteiger partial charge on any atom is -0.310 e. The van der Waals surface area contributed by atoms with E-state index in [1.54, 1.807) is 6.20 Å². The third-order valence-corrected chi connectivity index (χ3v) is 4.75. The summed E-state index contributed by atoms with van der Waals surface area (Å²) in [7, 11) is 0. The van der Waals surface area contributed by atoms with Crippen LogP contribution >= 0.6 is 0 Å². The lowest BCUT2D eigenvalue weighted by atomic mass is 9.95. The number of pyridine rings is 1. The number of nitrogens with zero attached hydrogens (tertiary/aromatic N) is 4. The van der Waals surface area contributed by atoms with Gasteiger partial charge in [0.25, 0.3) is 0 Å². The van der Waals surface area contributed by atoms with E-state index < -0.39 is 5.41 Å². The second-order valence-electron chi connectivity index (χ2n) is 8.53. The summed E-state index contributed by atoms with van der Waals surface area (Å²) in [5.41, 5.74) is 2.93. The van der Waals surface area contributed by atoms with Crippen molar-refractivity contribution >= 4 is 11.7 Å². The second-order valence-corrected chi connectivity index (χ2v) is 8.53. The Labute approximate surface area is 161 Å². The molecule has 1 amide bonds. The summed E-state index contributed by atoms with van der Waals surface area (Å²) >= 11 is 0. The first-order valence-electron chi connectivity index (χ1n) is 9.56. The topological polar surface area (TPSA) is 71.0 Å². The highest BCUT2D eigenvalue weighted by Gasteiger charge is 2.24. The van der Waals surface area contributed by atoms with Crippen LogP contribution in [0.5, 0.6) is 0 Å². The van der Waals surface area contributed by atoms with Crippen molar-refractivity contribution in [1.29, 1.82) is 0 Å². The Bertz CT molecular complexity index is 826. The fourth-order valence-corrected chi connectivity index (χ4v) is 3.02. The van der Waals surface area contributed by atoms with Crippen molar-refractivity contribution in [2.45, 2.75) is 60.0 Å². The average molecular weight is 367 g/mol. The summed E-state index contributed by atoms with van der Waals surface area (Å²) in [6, 6.07) is 3.94. The average Bonchev–Trinajstić information content (AvgIpc) is 2.62. The molecule has 6 nitrogen and oxygen atoms in total. The van der Waals surface area contributed by atoms with Crippen molar-refractivity contribution in [2.75, 3.05) is 11.9 Å². The Kier molecular flexibility index (Phi) is 5.56. The molecule has 0 unspecified atom stereocenters. The maximum Gasteiger partial charge on any atom is 0.230 e. The van der Waals surface area contributed by atoms with Gasteiger partial charge in [-0.15, -0.1) is 0 Å². The van der Waals surface area contributed by atoms with E-state index in [9.17, 15) is 4.79 Å². The van der Waals surface area contributed by atoms with Crippen LogP contribution in [0.25, 0.3) is 0 Å². The van der Waals surface area contributed by atoms with Crippen LogP contribution in [0.2, 0.25) is 0 Å². The standard InChI is InChI=1S/C21H29N5O/c1-14(2)18-23-11-16-13-26(10-8-17(16)24-18)12-15-7-6-9-22-19(15)25-20(27)21(3,4)5/h6-7,9,11,14H,8,10,12-13H2,1-5H3,(H,22,25,27). The largest absolute Gasteiger partial charge is 0.310 e. The SMILES string of the molecule is CC(C)c1ncc2c(n1)CCN(Cc1cccnc1NC(=O)C(C)(C)C)C2. The Balaban J connectivity index is 1.73. The summed E-state index contributed by atoms with van der Waals surface area (Å²) < 4.78 is 0. The van der Waals surface area contributed by atoms with Gasteiger partial charge in [-0.1, -0.05) is 40.7 Å². The zero-order chi connectivity index (χ0) is 19.6. The van der Waals surface area contributed by atoms with Gasteiger partial charge in [0.2, 0.25) is 5.91 Å². The van der Waals surface area contributed by atoms with Crippen molar-refractivity contribution in [2.24, 2.45) is 5.41 Å². The highest BCUT2D eigenvalue weighted by molar-refractivity contribution is 5.94. The zero-order valence-electron chi connectivity index (χ0n) is 16.9. The zero-order valence-corrected chi connectivity index (χ0v) is 16.9. The van der Waals surface area contributed by atoms with Gasteiger partial charge in [0, 0.05) is 66.6 Å². The van der Waals surface area contributed by atoms with Crippen molar-refractivity contribution < 1.29 is 4.79 Å². The molecule has 0 aliphatic carbocycles. The first-order valence-corrected chi connectivity index (χ1v) is 9.56. The molecule has 0 bridgehead atoms. The van der Waals surface area contributed by atoms with Crippen LogP contribution in [-0.4, -0.2) is 32.3 Å². The Morgan fingerprint density at radius 1 is 1.30 bits per heavy atom. The summed E-state index contributed by atoms with van der Waals surface area (Å²) in [5.74, 6) is 1.88. The molecule has 1 aliphatic heterocycles. The molecular weight excluding hydrogens is 338 g/mol. The smallest absolute Gasteiger partial charge is 0.230 e. The van der Waals surface area contributed by atoms with Gasteiger partial charge in [0.15, 0.2) is 0 Å². The number of rotatable bonds is 4. The minimum atomic E-state index is -0.454. The fraction of sp³-hybridized carbons (Fsp3) is 0.524. The van der Waals surface area contributed by atoms with Gasteiger partial charge in [0.1, 0.15) is 11.6 Å². The Hall–Kier alpha value is -2.34. The van der Waals surface area contributed by atoms with Crippen molar-refractivity contribution in [3.05, 3.63) is 47.2 Å². The molecule has 2 aromatic rings. The van der Waals surface area contributed by atoms with Gasteiger partial charge in [-0.05, 0) is 6.07 Å². The maximum absolute atomic E-state index is 12.3. The molecule has 144 valence electrons. The molecule has 1 N–H and O–H groups in total. The van der Waals surface area contributed by atoms with Crippen molar-refractivity contribution in [3.63, 3.8) is 0 Å². The van der Waals surface area contributed by atoms with Gasteiger partial charge in [-0.25, -0.2) is 15.0 Å². The predicted molar refractivity (Wildman–Crippen MR) is 106 cm³/mol. The lowest BCUT2D eigenvalue weighted by molar-refractivity contribution is -0.123. The lowest BCUT2D eigenvalue weighted by Gasteiger charge is -2.29. The van der Waals surface area contributed by atoms with Gasteiger partial charge in [-0.2, -0.15) is 0 Å². The van der Waals surface area contributed by atoms with E-state index in [0.29, 0.717) is 11.7 Å². The van der Waals surface area contributed by atoms with Crippen LogP contribution in [0, 0.1) is 5.41 Å². The number of carbonyl (C=O) groups is 1. The summed E-state index contributed by atoms with van der Waals surface area (Å²) in [6.45, 7) is 12.4. The predicted octanol–water partition coefficient (Wildman–Crippen LogP) is 3.54. The number of nitrogens with one attached hydrogen (secondary N) is 1. The molecule has 3 rings (SSSR count). The summed E-state index contributed by atoms with van der Waals surface area (Å²) in [5, 5.41) is 2.98. The molecule has 6 heteroatoms. The van der Waals surface area contributed by atoms with Gasteiger partial charge in [0.05, 0.1) is 0 Å². The molecule has 0 atom stereocenters. The highest BCUT2D eigenvalue weighted by atomic mass is 16.2. The lowest BCUT2D eigenvalue weighted by Crippen LogP contribution is -2.32. The third kappa shape index (κ3) is 4.69. The first kappa shape index (κ1) is 19.4. The van der Waals surface area contributed by atoms with Crippen LogP contribution in [0.15, 0.2) is 24.5 Å². The molecule has 0 aromatic carbocycles. The first-order chi connectivity index (χ1) is 12.7. The van der Waals surface area contributed by atoms with E-state index in [0.717, 1.165) is 43.1 Å². The molecule has 0 radical (unpaired) electrons. The number of aromatic nitrogens is 3. The number of fused-ring (bicyclic) bond motifs is 1. The van der Waals surface area contributed by atoms with Crippen LogP contribution < -0.4 is 5.32 Å². The molecule has 0 saturated heterocycles. The fourth-order valence-electron chi connectivity index (χ4n) is 3.02. The van der Waals surface area contributed by atoms with Crippen LogP contribution in [-0.2, 0) is 24.3 Å². The highest BCUT2D eigenvalue weighted by Crippen LogP contribution is 2.23. The third-order valence-electron chi connectivity index (χ3n) is 4.75. The van der Waals surface area contributed by atoms with E-state index >= 15 is 0 Å². The quantitative estimate of drug-likeness (QED) is 0.895. The summed E-state index contributed by atoms with van der Waals surface area (Å²) in [6.07, 6.45) is 4.60. The molecule has 3 heterocycles.